The fourth-order valence-electron chi connectivity index (χ4n) is 0.653. The van der Waals surface area contributed by atoms with Crippen LogP contribution in [-0.4, -0.2) is 5.91 Å². The van der Waals surface area contributed by atoms with Gasteiger partial charge in [0.25, 0.3) is 0 Å². The lowest BCUT2D eigenvalue weighted by molar-refractivity contribution is -0.119. The van der Waals surface area contributed by atoms with Gasteiger partial charge in [0.15, 0.2) is 0 Å². The maximum atomic E-state index is 10.6. The maximum absolute atomic E-state index is 10.6. The monoisotopic (exact) mass is 153 g/mol. The molecule has 0 aromatic heterocycles. The van der Waals surface area contributed by atoms with E-state index in [4.69, 9.17) is 0 Å². The van der Waals surface area contributed by atoms with Crippen molar-refractivity contribution in [1.29, 1.82) is 0 Å². The summed E-state index contributed by atoms with van der Waals surface area (Å²) < 4.78 is 0. The minimum absolute atomic E-state index is 0.0584. The smallest absolute Gasteiger partial charge is 0.227 e. The third-order valence-corrected chi connectivity index (χ3v) is 1.14. The number of amides is 1. The van der Waals surface area contributed by atoms with Crippen molar-refractivity contribution >= 4 is 5.91 Å². The highest BCUT2D eigenvalue weighted by Gasteiger charge is 1.97. The van der Waals surface area contributed by atoms with E-state index < -0.39 is 0 Å². The molecule has 0 aliphatic carbocycles. The van der Waals surface area contributed by atoms with Crippen LogP contribution in [0.4, 0.5) is 0 Å². The Kier molecular flexibility index (Phi) is 5.17. The zero-order chi connectivity index (χ0) is 8.69. The molecular formula is C9H15NO. The predicted octanol–water partition coefficient (Wildman–Crippen LogP) is 1.99. The first-order valence-corrected chi connectivity index (χ1v) is 3.92. The zero-order valence-corrected chi connectivity index (χ0v) is 7.35. The van der Waals surface area contributed by atoms with Gasteiger partial charge in [0, 0.05) is 12.6 Å². The van der Waals surface area contributed by atoms with Gasteiger partial charge in [-0.1, -0.05) is 26.0 Å². The first-order valence-electron chi connectivity index (χ1n) is 3.92. The highest BCUT2D eigenvalue weighted by atomic mass is 16.1. The Bertz CT molecular complexity index is 180. The van der Waals surface area contributed by atoms with Crippen LogP contribution in [0.3, 0.4) is 0 Å². The normalized spacial score (nSPS) is 15.5. The summed E-state index contributed by atoms with van der Waals surface area (Å²) in [7, 11) is 0. The average molecular weight is 153 g/mol. The van der Waals surface area contributed by atoms with E-state index in [9.17, 15) is 4.79 Å². The van der Waals surface area contributed by atoms with Gasteiger partial charge in [0.1, 0.15) is 0 Å². The van der Waals surface area contributed by atoms with Crippen LogP contribution < -0.4 is 5.32 Å². The molecule has 0 fully saturated rings. The number of hydrogen-bond acceptors (Lipinski definition) is 1. The molecule has 0 saturated carbocycles. The van der Waals surface area contributed by atoms with E-state index in [2.05, 4.69) is 5.32 Å². The van der Waals surface area contributed by atoms with E-state index in [1.54, 1.807) is 6.20 Å². The van der Waals surface area contributed by atoms with Crippen LogP contribution in [0.2, 0.25) is 0 Å². The SMILES string of the molecule is CC.CC1=CNC(=O)CC=C1. The Hall–Kier alpha value is -1.05. The Morgan fingerprint density at radius 2 is 2.09 bits per heavy atom. The molecule has 62 valence electrons. The Morgan fingerprint density at radius 3 is 2.73 bits per heavy atom. The molecule has 0 aromatic carbocycles. The third kappa shape index (κ3) is 4.37. The number of nitrogens with one attached hydrogen (secondary N) is 1. The Balaban J connectivity index is 0.000000461. The minimum atomic E-state index is 0.0584. The van der Waals surface area contributed by atoms with Crippen LogP contribution in [0.5, 0.6) is 0 Å². The predicted molar refractivity (Wildman–Crippen MR) is 47.0 cm³/mol. The van der Waals surface area contributed by atoms with Gasteiger partial charge >= 0.3 is 0 Å². The fraction of sp³-hybridized carbons (Fsp3) is 0.444. The minimum Gasteiger partial charge on any atom is -0.332 e. The number of carbonyl (C=O) groups is 1. The van der Waals surface area contributed by atoms with E-state index >= 15 is 0 Å². The van der Waals surface area contributed by atoms with E-state index in [1.165, 1.54) is 0 Å². The van der Waals surface area contributed by atoms with E-state index in [0.29, 0.717) is 6.42 Å². The van der Waals surface area contributed by atoms with E-state index in [0.717, 1.165) is 5.57 Å². The molecule has 2 heteroatoms. The van der Waals surface area contributed by atoms with Crippen LogP contribution in [0.15, 0.2) is 23.9 Å². The van der Waals surface area contributed by atoms with Gasteiger partial charge in [-0.3, -0.25) is 4.79 Å². The maximum Gasteiger partial charge on any atom is 0.227 e. The standard InChI is InChI=1S/C7H9NO.C2H6/c1-6-3-2-4-7(9)8-5-6;1-2/h2-3,5H,4H2,1H3,(H,8,9);1-2H3. The largest absolute Gasteiger partial charge is 0.332 e. The Morgan fingerprint density at radius 1 is 1.45 bits per heavy atom. The van der Waals surface area contributed by atoms with Crippen LogP contribution >= 0.6 is 0 Å². The quantitative estimate of drug-likeness (QED) is 0.566. The van der Waals surface area contributed by atoms with Gasteiger partial charge in [-0.2, -0.15) is 0 Å². The number of allylic oxidation sites excluding steroid dienone is 2. The van der Waals surface area contributed by atoms with Gasteiger partial charge in [0.05, 0.1) is 0 Å². The molecule has 1 N–H and O–H groups in total. The van der Waals surface area contributed by atoms with Crippen LogP contribution in [0.25, 0.3) is 0 Å². The van der Waals surface area contributed by atoms with Crippen molar-refractivity contribution in [1.82, 2.24) is 5.32 Å². The summed E-state index contributed by atoms with van der Waals surface area (Å²) in [5, 5.41) is 2.63. The molecule has 0 bridgehead atoms. The summed E-state index contributed by atoms with van der Waals surface area (Å²) in [6.07, 6.45) is 5.99. The molecule has 11 heavy (non-hydrogen) atoms. The van der Waals surface area contributed by atoms with Gasteiger partial charge in [0.2, 0.25) is 5.91 Å². The van der Waals surface area contributed by atoms with Gasteiger partial charge in [-0.25, -0.2) is 0 Å². The number of hydrogen-bond donors (Lipinski definition) is 1. The third-order valence-electron chi connectivity index (χ3n) is 1.14. The average Bonchev–Trinajstić information content (AvgIpc) is 2.20. The van der Waals surface area contributed by atoms with Gasteiger partial charge in [-0.05, 0) is 12.5 Å². The zero-order valence-electron chi connectivity index (χ0n) is 7.35. The second-order valence-electron chi connectivity index (χ2n) is 2.06. The molecule has 0 aromatic rings. The summed E-state index contributed by atoms with van der Waals surface area (Å²) in [4.78, 5) is 10.6. The first-order chi connectivity index (χ1) is 5.29. The molecule has 1 aliphatic heterocycles. The number of carbonyl (C=O) groups excluding carboxylic acids is 1. The van der Waals surface area contributed by atoms with Crippen LogP contribution in [-0.2, 0) is 4.79 Å². The van der Waals surface area contributed by atoms with Crippen molar-refractivity contribution in [3.05, 3.63) is 23.9 Å². The summed E-state index contributed by atoms with van der Waals surface area (Å²) in [5.41, 5.74) is 1.08. The molecule has 0 radical (unpaired) electrons. The topological polar surface area (TPSA) is 29.1 Å². The second kappa shape index (κ2) is 5.71. The molecule has 1 rings (SSSR count). The lowest BCUT2D eigenvalue weighted by atomic mass is 10.3. The first kappa shape index (κ1) is 9.95. The molecule has 0 spiro atoms. The highest BCUT2D eigenvalue weighted by Crippen LogP contribution is 1.98. The molecule has 0 unspecified atom stereocenters. The lowest BCUT2D eigenvalue weighted by Crippen LogP contribution is -2.14. The van der Waals surface area contributed by atoms with Crippen LogP contribution in [0.1, 0.15) is 27.2 Å². The highest BCUT2D eigenvalue weighted by molar-refractivity contribution is 5.79. The van der Waals surface area contributed by atoms with Crippen molar-refractivity contribution in [2.75, 3.05) is 0 Å². The summed E-state index contributed by atoms with van der Waals surface area (Å²) in [6, 6.07) is 0. The van der Waals surface area contributed by atoms with Crippen molar-refractivity contribution in [3.63, 3.8) is 0 Å². The Labute approximate surface area is 68.0 Å². The second-order valence-corrected chi connectivity index (χ2v) is 2.06. The summed E-state index contributed by atoms with van der Waals surface area (Å²) >= 11 is 0. The van der Waals surface area contributed by atoms with E-state index in [-0.39, 0.29) is 5.91 Å². The molecule has 0 atom stereocenters. The van der Waals surface area contributed by atoms with Gasteiger partial charge < -0.3 is 5.32 Å². The lowest BCUT2D eigenvalue weighted by Gasteiger charge is -1.90. The molecule has 2 nitrogen and oxygen atoms in total. The molecular weight excluding hydrogens is 138 g/mol. The molecule has 1 heterocycles. The van der Waals surface area contributed by atoms with Crippen molar-refractivity contribution in [2.45, 2.75) is 27.2 Å². The molecule has 1 amide bonds. The van der Waals surface area contributed by atoms with Gasteiger partial charge in [-0.15, -0.1) is 0 Å². The van der Waals surface area contributed by atoms with Crippen LogP contribution in [0, 0.1) is 0 Å². The molecule has 0 saturated heterocycles. The number of rotatable bonds is 0. The van der Waals surface area contributed by atoms with Crippen molar-refractivity contribution in [3.8, 4) is 0 Å². The fourth-order valence-corrected chi connectivity index (χ4v) is 0.653. The van der Waals surface area contributed by atoms with Crippen molar-refractivity contribution in [2.24, 2.45) is 0 Å². The summed E-state index contributed by atoms with van der Waals surface area (Å²) in [5.74, 6) is 0.0584. The van der Waals surface area contributed by atoms with E-state index in [1.807, 2.05) is 32.9 Å². The molecule has 1 aliphatic rings. The summed E-state index contributed by atoms with van der Waals surface area (Å²) in [6.45, 7) is 5.95. The van der Waals surface area contributed by atoms with Crippen molar-refractivity contribution < 1.29 is 4.79 Å².